The van der Waals surface area contributed by atoms with Gasteiger partial charge in [-0.1, -0.05) is 11.8 Å². The number of carbonyl (C=O) groups is 1. The van der Waals surface area contributed by atoms with Gasteiger partial charge in [0.15, 0.2) is 10.7 Å². The highest BCUT2D eigenvalue weighted by Crippen LogP contribution is 2.65. The van der Waals surface area contributed by atoms with Gasteiger partial charge in [0, 0.05) is 24.2 Å². The van der Waals surface area contributed by atoms with Crippen molar-refractivity contribution in [3.05, 3.63) is 5.56 Å². The number of anilines is 1. The molecule has 5 rings (SSSR count). The predicted molar refractivity (Wildman–Crippen MR) is 97.0 cm³/mol. The van der Waals surface area contributed by atoms with E-state index in [0.717, 1.165) is 45.6 Å². The first-order chi connectivity index (χ1) is 12.5. The fourth-order valence-corrected chi connectivity index (χ4v) is 4.88. The lowest BCUT2D eigenvalue weighted by Crippen LogP contribution is -2.82. The molecular formula is C17H24N4O4S. The maximum atomic E-state index is 12.3. The summed E-state index contributed by atoms with van der Waals surface area (Å²) in [7, 11) is 2.85. The Labute approximate surface area is 157 Å². The summed E-state index contributed by atoms with van der Waals surface area (Å²) in [5, 5.41) is 4.08. The van der Waals surface area contributed by atoms with Crippen LogP contribution >= 0.6 is 11.8 Å². The van der Waals surface area contributed by atoms with E-state index in [1.54, 1.807) is 0 Å². The zero-order chi connectivity index (χ0) is 18.4. The summed E-state index contributed by atoms with van der Waals surface area (Å²) in [5.74, 6) is 0.253. The quantitative estimate of drug-likeness (QED) is 0.447. The van der Waals surface area contributed by atoms with Crippen LogP contribution in [0.2, 0.25) is 0 Å². The fourth-order valence-electron chi connectivity index (χ4n) is 4.53. The average molecular weight is 380 g/mol. The summed E-state index contributed by atoms with van der Waals surface area (Å²) in [6.45, 7) is 3.63. The third-order valence-electron chi connectivity index (χ3n) is 5.69. The molecule has 0 radical (unpaired) electrons. The van der Waals surface area contributed by atoms with E-state index in [2.05, 4.69) is 20.2 Å². The number of esters is 1. The van der Waals surface area contributed by atoms with Gasteiger partial charge < -0.3 is 19.5 Å². The summed E-state index contributed by atoms with van der Waals surface area (Å²) in [6.07, 6.45) is 5.06. The van der Waals surface area contributed by atoms with Crippen molar-refractivity contribution < 1.29 is 19.0 Å². The van der Waals surface area contributed by atoms with Gasteiger partial charge in [-0.05, 0) is 25.5 Å². The summed E-state index contributed by atoms with van der Waals surface area (Å²) in [4.78, 5) is 23.6. The molecule has 1 aromatic rings. The van der Waals surface area contributed by atoms with Gasteiger partial charge in [0.1, 0.15) is 5.82 Å². The molecule has 1 N–H and O–H groups in total. The molecule has 3 aliphatic carbocycles. The van der Waals surface area contributed by atoms with Crippen LogP contribution < -0.4 is 10.1 Å². The first kappa shape index (κ1) is 17.8. The number of nitrogens with one attached hydrogen (secondary N) is 1. The lowest BCUT2D eigenvalue weighted by atomic mass is 9.43. The SMILES string of the molecule is COC(=O)c1c(NC23CC(N4CCOCC4)(C2)C3)nc(SC)nc1OC. The zero-order valence-corrected chi connectivity index (χ0v) is 16.1. The van der Waals surface area contributed by atoms with Crippen LogP contribution in [0.1, 0.15) is 29.6 Å². The van der Waals surface area contributed by atoms with Crippen LogP contribution in [0.25, 0.3) is 0 Å². The second-order valence-electron chi connectivity index (χ2n) is 7.19. The molecular weight excluding hydrogens is 356 g/mol. The molecule has 0 aromatic carbocycles. The molecule has 1 aliphatic heterocycles. The van der Waals surface area contributed by atoms with Crippen LogP contribution in [0.3, 0.4) is 0 Å². The predicted octanol–water partition coefficient (Wildman–Crippen LogP) is 1.41. The number of ether oxygens (including phenoxy) is 3. The van der Waals surface area contributed by atoms with Gasteiger partial charge in [-0.3, -0.25) is 4.90 Å². The van der Waals surface area contributed by atoms with Crippen LogP contribution in [-0.4, -0.2) is 78.7 Å². The lowest BCUT2D eigenvalue weighted by molar-refractivity contribution is -0.172. The van der Waals surface area contributed by atoms with Crippen molar-refractivity contribution in [1.29, 1.82) is 0 Å². The topological polar surface area (TPSA) is 85.8 Å². The molecule has 0 unspecified atom stereocenters. The summed E-state index contributed by atoms with van der Waals surface area (Å²) >= 11 is 1.41. The molecule has 1 aromatic heterocycles. The van der Waals surface area contributed by atoms with Gasteiger partial charge >= 0.3 is 5.97 Å². The number of morpholine rings is 1. The van der Waals surface area contributed by atoms with Crippen LogP contribution in [0.5, 0.6) is 5.88 Å². The third-order valence-corrected chi connectivity index (χ3v) is 6.24. The van der Waals surface area contributed by atoms with E-state index in [-0.39, 0.29) is 17.0 Å². The van der Waals surface area contributed by atoms with E-state index in [0.29, 0.717) is 16.5 Å². The minimum atomic E-state index is -0.494. The Bertz CT molecular complexity index is 703. The van der Waals surface area contributed by atoms with Crippen LogP contribution in [-0.2, 0) is 9.47 Å². The van der Waals surface area contributed by atoms with Gasteiger partial charge in [-0.2, -0.15) is 4.98 Å². The van der Waals surface area contributed by atoms with Crippen LogP contribution in [0.4, 0.5) is 5.82 Å². The van der Waals surface area contributed by atoms with Crippen LogP contribution in [0.15, 0.2) is 5.16 Å². The molecule has 0 atom stereocenters. The van der Waals surface area contributed by atoms with Crippen molar-refractivity contribution in [2.75, 3.05) is 52.1 Å². The lowest BCUT2D eigenvalue weighted by Gasteiger charge is -2.74. The number of hydrogen-bond donors (Lipinski definition) is 1. The zero-order valence-electron chi connectivity index (χ0n) is 15.3. The van der Waals surface area contributed by atoms with E-state index in [1.165, 1.54) is 26.0 Å². The monoisotopic (exact) mass is 380 g/mol. The highest BCUT2D eigenvalue weighted by Gasteiger charge is 2.70. The number of rotatable bonds is 6. The van der Waals surface area contributed by atoms with E-state index in [4.69, 9.17) is 14.2 Å². The average Bonchev–Trinajstić information content (AvgIpc) is 2.62. The molecule has 0 spiro atoms. The van der Waals surface area contributed by atoms with Gasteiger partial charge in [-0.25, -0.2) is 9.78 Å². The van der Waals surface area contributed by atoms with Crippen molar-refractivity contribution in [2.45, 2.75) is 35.5 Å². The minimum Gasteiger partial charge on any atom is -0.480 e. The van der Waals surface area contributed by atoms with Gasteiger partial charge in [0.2, 0.25) is 5.88 Å². The summed E-state index contributed by atoms with van der Waals surface area (Å²) in [6, 6.07) is 0. The highest BCUT2D eigenvalue weighted by atomic mass is 32.2. The fraction of sp³-hybridized carbons (Fsp3) is 0.706. The van der Waals surface area contributed by atoms with E-state index >= 15 is 0 Å². The first-order valence-corrected chi connectivity index (χ1v) is 9.97. The number of methoxy groups -OCH3 is 2. The van der Waals surface area contributed by atoms with Crippen LogP contribution in [0, 0.1) is 0 Å². The molecule has 1 saturated heterocycles. The largest absolute Gasteiger partial charge is 0.480 e. The molecule has 4 fully saturated rings. The summed E-state index contributed by atoms with van der Waals surface area (Å²) < 4.78 is 15.7. The Hall–Kier alpha value is -1.58. The van der Waals surface area contributed by atoms with Crippen molar-refractivity contribution in [3.8, 4) is 5.88 Å². The number of hydrogen-bond acceptors (Lipinski definition) is 9. The normalized spacial score (nSPS) is 30.1. The van der Waals surface area contributed by atoms with E-state index in [9.17, 15) is 4.79 Å². The van der Waals surface area contributed by atoms with E-state index in [1.807, 2.05) is 6.26 Å². The Kier molecular flexibility index (Phi) is 4.48. The third kappa shape index (κ3) is 2.73. The molecule has 3 saturated carbocycles. The highest BCUT2D eigenvalue weighted by molar-refractivity contribution is 7.98. The maximum Gasteiger partial charge on any atom is 0.347 e. The van der Waals surface area contributed by atoms with Crippen molar-refractivity contribution in [3.63, 3.8) is 0 Å². The summed E-state index contributed by atoms with van der Waals surface area (Å²) in [5.41, 5.74) is 0.551. The number of thioether (sulfide) groups is 1. The molecule has 9 heteroatoms. The number of aromatic nitrogens is 2. The molecule has 2 bridgehead atoms. The molecule has 0 amide bonds. The van der Waals surface area contributed by atoms with Gasteiger partial charge in [0.05, 0.1) is 27.4 Å². The van der Waals surface area contributed by atoms with Gasteiger partial charge in [-0.15, -0.1) is 0 Å². The first-order valence-electron chi connectivity index (χ1n) is 8.74. The maximum absolute atomic E-state index is 12.3. The molecule has 142 valence electrons. The molecule has 2 heterocycles. The number of carbonyl (C=O) groups excluding carboxylic acids is 1. The number of nitrogens with zero attached hydrogens (tertiary/aromatic N) is 3. The second-order valence-corrected chi connectivity index (χ2v) is 7.97. The van der Waals surface area contributed by atoms with Crippen molar-refractivity contribution >= 4 is 23.5 Å². The molecule has 8 nitrogen and oxygen atoms in total. The van der Waals surface area contributed by atoms with Crippen molar-refractivity contribution in [2.24, 2.45) is 0 Å². The minimum absolute atomic E-state index is 0.00385. The molecule has 4 aliphatic rings. The Morgan fingerprint density at radius 2 is 1.92 bits per heavy atom. The van der Waals surface area contributed by atoms with Gasteiger partial charge in [0.25, 0.3) is 0 Å². The van der Waals surface area contributed by atoms with Crippen molar-refractivity contribution in [1.82, 2.24) is 14.9 Å². The molecule has 26 heavy (non-hydrogen) atoms. The Morgan fingerprint density at radius 1 is 1.23 bits per heavy atom. The Morgan fingerprint density at radius 3 is 2.50 bits per heavy atom. The Balaban J connectivity index is 1.55. The van der Waals surface area contributed by atoms with E-state index < -0.39 is 5.97 Å². The second kappa shape index (κ2) is 6.54. The smallest absolute Gasteiger partial charge is 0.347 e. The standard InChI is InChI=1S/C17H24N4O4S/c1-23-13-11(14(22)24-2)12(18-15(19-13)26-3)20-16-8-17(9-16,10-16)21-4-6-25-7-5-21/h4-10H2,1-3H3,(H,18,19,20).